The third-order valence-electron chi connectivity index (χ3n) is 2.62. The van der Waals surface area contributed by atoms with Gasteiger partial charge in [-0.3, -0.25) is 0 Å². The zero-order chi connectivity index (χ0) is 14.8. The molecule has 20 heavy (non-hydrogen) atoms. The third kappa shape index (κ3) is 5.30. The van der Waals surface area contributed by atoms with Crippen LogP contribution in [0.15, 0.2) is 12.0 Å². The molecule has 0 fully saturated rings. The molecule has 0 aliphatic carbocycles. The molecule has 1 aliphatic heterocycles. The maximum Gasteiger partial charge on any atom is 1.00 e. The molecular weight excluding hydrogens is 251 g/mol. The van der Waals surface area contributed by atoms with E-state index in [0.29, 0.717) is 12.4 Å². The fourth-order valence-electron chi connectivity index (χ4n) is 1.81. The van der Waals surface area contributed by atoms with Crippen LogP contribution in [0.1, 0.15) is 41.5 Å². The standard InChI is InChI=1S/C14H25N2O3.Li/c1-13(2,3)11-15-10(18-7)8-9-16(11)12(17)19-14(4,5)6;/h8,11H,9H2,1-7H3;/q-1;+1/t11-;/m0./s1. The van der Waals surface area contributed by atoms with Gasteiger partial charge >= 0.3 is 25.0 Å². The number of hydrogen-bond donors (Lipinski definition) is 0. The van der Waals surface area contributed by atoms with Gasteiger partial charge in [0.2, 0.25) is 0 Å². The SMILES string of the molecule is COC1=CCN(C(=O)OC(C)(C)C)[C@@H](C(C)(C)C)[N-]1.[Li+]. The monoisotopic (exact) mass is 276 g/mol. The second-order valence-corrected chi connectivity index (χ2v) is 6.75. The third-order valence-corrected chi connectivity index (χ3v) is 2.62. The second-order valence-electron chi connectivity index (χ2n) is 6.75. The van der Waals surface area contributed by atoms with E-state index in [1.54, 1.807) is 18.1 Å². The Kier molecular flexibility index (Phi) is 6.51. The first kappa shape index (κ1) is 19.2. The summed E-state index contributed by atoms with van der Waals surface area (Å²) in [5, 5.41) is 4.47. The summed E-state index contributed by atoms with van der Waals surface area (Å²) in [5.41, 5.74) is -0.695. The maximum atomic E-state index is 12.2. The minimum Gasteiger partial charge on any atom is -0.634 e. The molecule has 5 nitrogen and oxygen atoms in total. The first-order chi connectivity index (χ1) is 8.54. The van der Waals surface area contributed by atoms with Gasteiger partial charge in [-0.1, -0.05) is 20.8 Å². The number of amides is 1. The van der Waals surface area contributed by atoms with E-state index < -0.39 is 5.60 Å². The van der Waals surface area contributed by atoms with Crippen LogP contribution in [0.3, 0.4) is 0 Å². The van der Waals surface area contributed by atoms with E-state index in [1.165, 1.54) is 0 Å². The molecule has 1 amide bonds. The molecule has 1 heterocycles. The average Bonchev–Trinajstić information content (AvgIpc) is 2.24. The van der Waals surface area contributed by atoms with E-state index in [1.807, 2.05) is 41.5 Å². The fraction of sp³-hybridized carbons (Fsp3) is 0.786. The van der Waals surface area contributed by atoms with Gasteiger partial charge in [-0.15, -0.1) is 0 Å². The molecule has 110 valence electrons. The molecule has 0 radical (unpaired) electrons. The smallest absolute Gasteiger partial charge is 0.634 e. The summed E-state index contributed by atoms with van der Waals surface area (Å²) in [7, 11) is 1.58. The Hall–Kier alpha value is -0.793. The minimum atomic E-state index is -0.509. The number of carbonyl (C=O) groups excluding carboxylic acids is 1. The van der Waals surface area contributed by atoms with Gasteiger partial charge in [-0.05, 0) is 38.4 Å². The quantitative estimate of drug-likeness (QED) is 0.654. The molecule has 0 N–H and O–H groups in total. The van der Waals surface area contributed by atoms with Crippen LogP contribution in [-0.2, 0) is 9.47 Å². The molecule has 1 aliphatic rings. The van der Waals surface area contributed by atoms with Gasteiger partial charge < -0.3 is 19.7 Å². The summed E-state index contributed by atoms with van der Waals surface area (Å²) in [6.45, 7) is 12.1. The van der Waals surface area contributed by atoms with Crippen LogP contribution in [0.25, 0.3) is 5.32 Å². The van der Waals surface area contributed by atoms with E-state index in [0.717, 1.165) is 0 Å². The molecule has 1 rings (SSSR count). The Morgan fingerprint density at radius 1 is 1.30 bits per heavy atom. The Labute approximate surface area is 134 Å². The van der Waals surface area contributed by atoms with Crippen molar-refractivity contribution >= 4 is 6.09 Å². The topological polar surface area (TPSA) is 52.9 Å². The molecule has 0 saturated heterocycles. The van der Waals surface area contributed by atoms with Gasteiger partial charge in [-0.25, -0.2) is 4.79 Å². The first-order valence-corrected chi connectivity index (χ1v) is 6.49. The summed E-state index contributed by atoms with van der Waals surface area (Å²) >= 11 is 0. The number of methoxy groups -OCH3 is 1. The second kappa shape index (κ2) is 6.78. The summed E-state index contributed by atoms with van der Waals surface area (Å²) in [4.78, 5) is 13.9. The number of hydrogen-bond acceptors (Lipinski definition) is 3. The zero-order valence-corrected chi connectivity index (χ0v) is 14.0. The normalized spacial score (nSPS) is 19.4. The van der Waals surface area contributed by atoms with Crippen LogP contribution in [0.5, 0.6) is 0 Å². The van der Waals surface area contributed by atoms with E-state index >= 15 is 0 Å². The molecule has 0 saturated carbocycles. The number of carbonyl (C=O) groups is 1. The van der Waals surface area contributed by atoms with Crippen molar-refractivity contribution in [2.75, 3.05) is 13.7 Å². The predicted octanol–water partition coefficient (Wildman–Crippen LogP) is 0.475. The Morgan fingerprint density at radius 2 is 1.85 bits per heavy atom. The van der Waals surface area contributed by atoms with E-state index in [2.05, 4.69) is 5.32 Å². The van der Waals surface area contributed by atoms with Crippen molar-refractivity contribution in [3.05, 3.63) is 17.3 Å². The molecule has 0 aromatic carbocycles. The van der Waals surface area contributed by atoms with Crippen molar-refractivity contribution in [1.82, 2.24) is 4.90 Å². The number of nitrogens with zero attached hydrogens (tertiary/aromatic N) is 2. The fourth-order valence-corrected chi connectivity index (χ4v) is 1.81. The van der Waals surface area contributed by atoms with Gasteiger partial charge in [0.05, 0.1) is 7.11 Å². The van der Waals surface area contributed by atoms with Crippen molar-refractivity contribution < 1.29 is 33.1 Å². The Balaban J connectivity index is 0.00000361. The van der Waals surface area contributed by atoms with Crippen molar-refractivity contribution in [1.29, 1.82) is 0 Å². The average molecular weight is 276 g/mol. The minimum absolute atomic E-state index is 0. The summed E-state index contributed by atoms with van der Waals surface area (Å²) in [5.74, 6) is 0.569. The molecule has 0 aromatic rings. The van der Waals surface area contributed by atoms with E-state index in [4.69, 9.17) is 9.47 Å². The summed E-state index contributed by atoms with van der Waals surface area (Å²) < 4.78 is 10.6. The predicted molar refractivity (Wildman–Crippen MR) is 74.6 cm³/mol. The van der Waals surface area contributed by atoms with Crippen LogP contribution in [-0.4, -0.2) is 36.4 Å². The van der Waals surface area contributed by atoms with Gasteiger partial charge in [0.25, 0.3) is 0 Å². The van der Waals surface area contributed by atoms with Crippen molar-refractivity contribution in [3.63, 3.8) is 0 Å². The van der Waals surface area contributed by atoms with Crippen LogP contribution in [0, 0.1) is 5.41 Å². The van der Waals surface area contributed by atoms with Crippen molar-refractivity contribution in [2.45, 2.75) is 53.3 Å². The van der Waals surface area contributed by atoms with Gasteiger partial charge in [-0.2, -0.15) is 0 Å². The summed E-state index contributed by atoms with van der Waals surface area (Å²) in [6.07, 6.45) is 1.15. The molecule has 0 spiro atoms. The largest absolute Gasteiger partial charge is 1.00 e. The molecule has 1 atom stereocenters. The number of rotatable bonds is 1. The number of ether oxygens (including phenoxy) is 2. The van der Waals surface area contributed by atoms with Crippen LogP contribution < -0.4 is 18.9 Å². The molecule has 0 aromatic heterocycles. The Bertz CT molecular complexity index is 370. The van der Waals surface area contributed by atoms with Gasteiger partial charge in [0.1, 0.15) is 5.60 Å². The first-order valence-electron chi connectivity index (χ1n) is 6.49. The van der Waals surface area contributed by atoms with E-state index in [-0.39, 0.29) is 36.5 Å². The van der Waals surface area contributed by atoms with Crippen molar-refractivity contribution in [2.24, 2.45) is 5.41 Å². The molecule has 0 bridgehead atoms. The van der Waals surface area contributed by atoms with Crippen LogP contribution in [0.4, 0.5) is 4.79 Å². The van der Waals surface area contributed by atoms with Crippen molar-refractivity contribution in [3.8, 4) is 0 Å². The zero-order valence-electron chi connectivity index (χ0n) is 14.0. The van der Waals surface area contributed by atoms with E-state index in [9.17, 15) is 4.79 Å². The van der Waals surface area contributed by atoms with Gasteiger partial charge in [0.15, 0.2) is 0 Å². The van der Waals surface area contributed by atoms with Crippen LogP contribution in [0.2, 0.25) is 0 Å². The van der Waals surface area contributed by atoms with Crippen LogP contribution >= 0.6 is 0 Å². The molecule has 6 heteroatoms. The van der Waals surface area contributed by atoms with Gasteiger partial charge in [0, 0.05) is 12.4 Å². The Morgan fingerprint density at radius 3 is 2.25 bits per heavy atom. The molecule has 0 unspecified atom stereocenters. The summed E-state index contributed by atoms with van der Waals surface area (Å²) in [6, 6.07) is 0. The maximum absolute atomic E-state index is 12.2. The molecular formula is C14H25LiN2O3.